The van der Waals surface area contributed by atoms with E-state index in [0.29, 0.717) is 23.4 Å². The van der Waals surface area contributed by atoms with Gasteiger partial charge in [0.1, 0.15) is 5.82 Å². The number of aryl methyl sites for hydroxylation is 2. The van der Waals surface area contributed by atoms with Crippen LogP contribution in [0.15, 0.2) is 65.6 Å². The van der Waals surface area contributed by atoms with Crippen molar-refractivity contribution in [1.29, 1.82) is 0 Å². The number of thioether (sulfide) groups is 1. The molecule has 0 aliphatic heterocycles. The van der Waals surface area contributed by atoms with E-state index in [1.54, 1.807) is 30.5 Å². The van der Waals surface area contributed by atoms with Gasteiger partial charge in [-0.1, -0.05) is 67.1 Å². The second-order valence-electron chi connectivity index (χ2n) is 7.51. The molecule has 0 N–H and O–H groups in total. The maximum absolute atomic E-state index is 13.9. The molecule has 0 amide bonds. The molecule has 6 heteroatoms. The average Bonchev–Trinajstić information content (AvgIpc) is 2.73. The standard InChI is InChI=1S/C25H23ClF4S/c1-16(15-19-9-6-12-22(31-2)23(19)25(28,29)30)20-10-5-8-18(24(20)26)14-13-17-7-3-4-11-21(17)27/h3-12,16H,13-15H2,1-2H3. The second-order valence-corrected chi connectivity index (χ2v) is 8.74. The highest BCUT2D eigenvalue weighted by Gasteiger charge is 2.36. The predicted octanol–water partition coefficient (Wildman–Crippen LogP) is 8.35. The van der Waals surface area contributed by atoms with Crippen molar-refractivity contribution in [1.82, 2.24) is 0 Å². The zero-order valence-corrected chi connectivity index (χ0v) is 18.8. The molecule has 0 heterocycles. The molecule has 3 rings (SSSR count). The minimum absolute atomic E-state index is 0.209. The van der Waals surface area contributed by atoms with Gasteiger partial charge >= 0.3 is 6.18 Å². The Kier molecular flexibility index (Phi) is 7.71. The fourth-order valence-corrected chi connectivity index (χ4v) is 4.89. The van der Waals surface area contributed by atoms with Crippen LogP contribution in [-0.4, -0.2) is 6.26 Å². The van der Waals surface area contributed by atoms with Crippen LogP contribution in [0.4, 0.5) is 17.6 Å². The first-order valence-electron chi connectivity index (χ1n) is 9.96. The lowest BCUT2D eigenvalue weighted by molar-refractivity contribution is -0.140. The summed E-state index contributed by atoms with van der Waals surface area (Å²) in [7, 11) is 0. The quantitative estimate of drug-likeness (QED) is 0.249. The summed E-state index contributed by atoms with van der Waals surface area (Å²) in [6, 6.07) is 16.9. The molecule has 164 valence electrons. The smallest absolute Gasteiger partial charge is 0.207 e. The van der Waals surface area contributed by atoms with Crippen LogP contribution in [0.3, 0.4) is 0 Å². The van der Waals surface area contributed by atoms with Crippen molar-refractivity contribution >= 4 is 23.4 Å². The summed E-state index contributed by atoms with van der Waals surface area (Å²) in [5.41, 5.74) is 1.97. The van der Waals surface area contributed by atoms with Crippen LogP contribution >= 0.6 is 23.4 Å². The summed E-state index contributed by atoms with van der Waals surface area (Å²) in [6.45, 7) is 1.88. The minimum atomic E-state index is -4.42. The molecule has 0 nitrogen and oxygen atoms in total. The molecule has 31 heavy (non-hydrogen) atoms. The molecule has 0 aliphatic rings. The van der Waals surface area contributed by atoms with Gasteiger partial charge in [0.05, 0.1) is 5.56 Å². The highest BCUT2D eigenvalue weighted by molar-refractivity contribution is 7.98. The fourth-order valence-electron chi connectivity index (χ4n) is 3.82. The van der Waals surface area contributed by atoms with E-state index in [9.17, 15) is 17.6 Å². The molecule has 0 aromatic heterocycles. The van der Waals surface area contributed by atoms with Gasteiger partial charge in [0.15, 0.2) is 0 Å². The molecule has 0 radical (unpaired) electrons. The van der Waals surface area contributed by atoms with E-state index in [2.05, 4.69) is 0 Å². The Balaban J connectivity index is 1.84. The number of alkyl halides is 3. The Morgan fingerprint density at radius 1 is 0.871 bits per heavy atom. The van der Waals surface area contributed by atoms with Crippen molar-refractivity contribution < 1.29 is 17.6 Å². The maximum Gasteiger partial charge on any atom is 0.417 e. The molecule has 3 aromatic carbocycles. The molecule has 1 unspecified atom stereocenters. The molecule has 0 fully saturated rings. The van der Waals surface area contributed by atoms with E-state index < -0.39 is 11.7 Å². The van der Waals surface area contributed by atoms with Crippen LogP contribution in [0.1, 0.15) is 40.7 Å². The van der Waals surface area contributed by atoms with Crippen LogP contribution in [-0.2, 0) is 25.4 Å². The molecule has 0 spiro atoms. The first-order chi connectivity index (χ1) is 14.7. The Morgan fingerprint density at radius 2 is 1.48 bits per heavy atom. The third kappa shape index (κ3) is 5.64. The van der Waals surface area contributed by atoms with Gasteiger partial charge in [-0.3, -0.25) is 0 Å². The maximum atomic E-state index is 13.9. The van der Waals surface area contributed by atoms with Crippen molar-refractivity contribution in [2.24, 2.45) is 0 Å². The van der Waals surface area contributed by atoms with Crippen molar-refractivity contribution in [3.8, 4) is 0 Å². The second kappa shape index (κ2) is 10.1. The van der Waals surface area contributed by atoms with Gasteiger partial charge in [0.2, 0.25) is 0 Å². The van der Waals surface area contributed by atoms with Crippen molar-refractivity contribution in [2.45, 2.75) is 43.2 Å². The number of hydrogen-bond acceptors (Lipinski definition) is 1. The fraction of sp³-hybridized carbons (Fsp3) is 0.280. The van der Waals surface area contributed by atoms with Gasteiger partial charge < -0.3 is 0 Å². The summed E-state index contributed by atoms with van der Waals surface area (Å²) >= 11 is 7.74. The van der Waals surface area contributed by atoms with Gasteiger partial charge in [-0.2, -0.15) is 13.2 Å². The third-order valence-electron chi connectivity index (χ3n) is 5.40. The first kappa shape index (κ1) is 23.7. The van der Waals surface area contributed by atoms with Gasteiger partial charge in [0.25, 0.3) is 0 Å². The number of rotatable bonds is 7. The summed E-state index contributed by atoms with van der Waals surface area (Å²) in [5, 5.41) is 0.543. The summed E-state index contributed by atoms with van der Waals surface area (Å²) in [4.78, 5) is 0.224. The van der Waals surface area contributed by atoms with Crippen molar-refractivity contribution in [2.75, 3.05) is 6.26 Å². The number of halogens is 5. The molecular formula is C25H23ClF4S. The van der Waals surface area contributed by atoms with E-state index in [0.717, 1.165) is 22.9 Å². The van der Waals surface area contributed by atoms with Crippen LogP contribution in [0.25, 0.3) is 0 Å². The zero-order valence-electron chi connectivity index (χ0n) is 17.3. The van der Waals surface area contributed by atoms with Crippen molar-refractivity contribution in [3.63, 3.8) is 0 Å². The number of hydrogen-bond donors (Lipinski definition) is 0. The minimum Gasteiger partial charge on any atom is -0.207 e. The molecule has 3 aromatic rings. The number of benzene rings is 3. The molecule has 1 atom stereocenters. The average molecular weight is 467 g/mol. The highest BCUT2D eigenvalue weighted by Crippen LogP contribution is 2.40. The summed E-state index contributed by atoms with van der Waals surface area (Å²) in [6.07, 6.45) is -1.50. The zero-order chi connectivity index (χ0) is 22.6. The lowest BCUT2D eigenvalue weighted by Gasteiger charge is -2.20. The monoisotopic (exact) mass is 466 g/mol. The van der Waals surface area contributed by atoms with Crippen molar-refractivity contribution in [3.05, 3.63) is 99.3 Å². The van der Waals surface area contributed by atoms with E-state index >= 15 is 0 Å². The van der Waals surface area contributed by atoms with Gasteiger partial charge in [-0.25, -0.2) is 4.39 Å². The molecular weight excluding hydrogens is 444 g/mol. The summed E-state index contributed by atoms with van der Waals surface area (Å²) < 4.78 is 55.1. The van der Waals surface area contributed by atoms with E-state index in [4.69, 9.17) is 11.6 Å². The normalized spacial score (nSPS) is 12.7. The topological polar surface area (TPSA) is 0 Å². The summed E-state index contributed by atoms with van der Waals surface area (Å²) in [5.74, 6) is -0.462. The van der Waals surface area contributed by atoms with E-state index in [1.165, 1.54) is 18.2 Å². The Morgan fingerprint density at radius 3 is 2.16 bits per heavy atom. The third-order valence-corrected chi connectivity index (χ3v) is 6.64. The van der Waals surface area contributed by atoms with Gasteiger partial charge in [-0.05, 0) is 65.8 Å². The van der Waals surface area contributed by atoms with Crippen LogP contribution in [0.5, 0.6) is 0 Å². The molecule has 0 bridgehead atoms. The van der Waals surface area contributed by atoms with E-state index in [1.807, 2.05) is 25.1 Å². The van der Waals surface area contributed by atoms with Gasteiger partial charge in [0, 0.05) is 9.92 Å². The van der Waals surface area contributed by atoms with Crippen LogP contribution < -0.4 is 0 Å². The molecule has 0 saturated heterocycles. The lowest BCUT2D eigenvalue weighted by atomic mass is 9.89. The Bertz CT molecular complexity index is 1050. The van der Waals surface area contributed by atoms with Crippen LogP contribution in [0.2, 0.25) is 5.02 Å². The SMILES string of the molecule is CSc1cccc(CC(C)c2cccc(CCc3ccccc3F)c2Cl)c1C(F)(F)F. The first-order valence-corrected chi connectivity index (χ1v) is 11.6. The lowest BCUT2D eigenvalue weighted by Crippen LogP contribution is -2.13. The van der Waals surface area contributed by atoms with Crippen LogP contribution in [0, 0.1) is 5.82 Å². The largest absolute Gasteiger partial charge is 0.417 e. The molecule has 0 aliphatic carbocycles. The Labute approximate surface area is 189 Å². The Hall–Kier alpha value is -1.98. The van der Waals surface area contributed by atoms with Gasteiger partial charge in [-0.15, -0.1) is 11.8 Å². The molecule has 0 saturated carbocycles. The highest BCUT2D eigenvalue weighted by atomic mass is 35.5. The van der Waals surface area contributed by atoms with E-state index in [-0.39, 0.29) is 28.6 Å². The predicted molar refractivity (Wildman–Crippen MR) is 121 cm³/mol.